The SMILES string of the molecule is CN1C(=O)[C@H](CCCCN)NC(=O)[C@H](CCCN)NCc2cccnc2Sc2c(Cl)ccc(-c3ccc(=O)[nH]c3)c2CNC(=O)[C@@H]1Cc1c[nH]c2ccccc12. The van der Waals surface area contributed by atoms with Crippen molar-refractivity contribution in [2.45, 2.75) is 79.7 Å². The number of nitrogens with one attached hydrogen (secondary N) is 5. The molecular weight excluding hydrogens is 750 g/mol. The van der Waals surface area contributed by atoms with E-state index in [4.69, 9.17) is 28.1 Å². The first-order valence-corrected chi connectivity index (χ1v) is 20.0. The van der Waals surface area contributed by atoms with E-state index in [1.165, 1.54) is 22.7 Å². The number of aromatic amines is 2. The van der Waals surface area contributed by atoms with Crippen molar-refractivity contribution in [1.82, 2.24) is 35.8 Å². The molecule has 0 aliphatic carbocycles. The van der Waals surface area contributed by atoms with Crippen LogP contribution in [0.2, 0.25) is 5.02 Å². The molecule has 0 bridgehead atoms. The Morgan fingerprint density at radius 2 is 1.66 bits per heavy atom. The van der Waals surface area contributed by atoms with E-state index in [-0.39, 0.29) is 30.3 Å². The Kier molecular flexibility index (Phi) is 14.0. The van der Waals surface area contributed by atoms with E-state index < -0.39 is 24.0 Å². The molecule has 0 radical (unpaired) electrons. The van der Waals surface area contributed by atoms with E-state index in [2.05, 4.69) is 25.9 Å². The van der Waals surface area contributed by atoms with Crippen LogP contribution >= 0.6 is 23.4 Å². The van der Waals surface area contributed by atoms with E-state index >= 15 is 0 Å². The van der Waals surface area contributed by atoms with Gasteiger partial charge in [0.05, 0.1) is 11.1 Å². The number of hydrogen-bond donors (Lipinski definition) is 7. The normalized spacial score (nSPS) is 18.5. The summed E-state index contributed by atoms with van der Waals surface area (Å²) in [6, 6.07) is 15.8. The number of fused-ring (bicyclic) bond motifs is 3. The number of benzene rings is 2. The molecule has 6 rings (SSSR count). The van der Waals surface area contributed by atoms with Crippen molar-refractivity contribution >= 4 is 52.0 Å². The molecular formula is C41H48ClN9O4S. The van der Waals surface area contributed by atoms with Crippen molar-refractivity contribution in [2.24, 2.45) is 11.5 Å². The fraction of sp³-hybridized carbons (Fsp3) is 0.341. The van der Waals surface area contributed by atoms with Gasteiger partial charge in [-0.3, -0.25) is 19.2 Å². The number of nitrogens with zero attached hydrogens (tertiary/aromatic N) is 2. The van der Waals surface area contributed by atoms with Crippen LogP contribution in [-0.2, 0) is 33.9 Å². The Bertz CT molecular complexity index is 2210. The predicted molar refractivity (Wildman–Crippen MR) is 220 cm³/mol. The van der Waals surface area contributed by atoms with Crippen molar-refractivity contribution in [2.75, 3.05) is 20.1 Å². The second kappa shape index (κ2) is 19.2. The molecule has 56 heavy (non-hydrogen) atoms. The molecule has 13 nitrogen and oxygen atoms in total. The summed E-state index contributed by atoms with van der Waals surface area (Å²) < 4.78 is 0. The molecule has 0 fully saturated rings. The summed E-state index contributed by atoms with van der Waals surface area (Å²) >= 11 is 8.33. The summed E-state index contributed by atoms with van der Waals surface area (Å²) in [5.41, 5.74) is 16.2. The topological polar surface area (TPSA) is 204 Å². The Morgan fingerprint density at radius 1 is 0.857 bits per heavy atom. The maximum Gasteiger partial charge on any atom is 0.247 e. The van der Waals surface area contributed by atoms with Crippen LogP contribution in [0.25, 0.3) is 22.0 Å². The molecule has 3 aromatic heterocycles. The van der Waals surface area contributed by atoms with Gasteiger partial charge in [0.1, 0.15) is 17.1 Å². The Morgan fingerprint density at radius 3 is 2.45 bits per heavy atom. The summed E-state index contributed by atoms with van der Waals surface area (Å²) in [5, 5.41) is 11.6. The van der Waals surface area contributed by atoms with Gasteiger partial charge in [-0.1, -0.05) is 53.7 Å². The summed E-state index contributed by atoms with van der Waals surface area (Å²) in [4.78, 5) is 68.2. The Labute approximate surface area is 334 Å². The van der Waals surface area contributed by atoms with Crippen LogP contribution in [0.4, 0.5) is 0 Å². The molecule has 0 unspecified atom stereocenters. The molecule has 5 aromatic rings. The van der Waals surface area contributed by atoms with E-state index in [0.29, 0.717) is 72.2 Å². The third-order valence-corrected chi connectivity index (χ3v) is 11.8. The second-order valence-electron chi connectivity index (χ2n) is 13.9. The minimum absolute atomic E-state index is 0.0425. The number of hydrogen-bond acceptors (Lipinski definition) is 9. The van der Waals surface area contributed by atoms with E-state index in [0.717, 1.165) is 33.2 Å². The largest absolute Gasteiger partial charge is 0.361 e. The number of H-pyrrole nitrogens is 2. The maximum absolute atomic E-state index is 14.6. The van der Waals surface area contributed by atoms with Gasteiger partial charge in [-0.2, -0.15) is 0 Å². The summed E-state index contributed by atoms with van der Waals surface area (Å²) in [6.07, 6.45) is 8.00. The van der Waals surface area contributed by atoms with Crippen LogP contribution in [0.3, 0.4) is 0 Å². The smallest absolute Gasteiger partial charge is 0.247 e. The highest BCUT2D eigenvalue weighted by Crippen LogP contribution is 2.41. The number of likely N-dealkylation sites (N-methyl/N-ethyl adjacent to an activating group) is 1. The van der Waals surface area contributed by atoms with E-state index in [1.54, 1.807) is 31.6 Å². The van der Waals surface area contributed by atoms with Gasteiger partial charge >= 0.3 is 0 Å². The first-order valence-electron chi connectivity index (χ1n) is 18.8. The van der Waals surface area contributed by atoms with Crippen LogP contribution in [0.1, 0.15) is 48.8 Å². The number of pyridine rings is 2. The van der Waals surface area contributed by atoms with Gasteiger partial charge in [0.2, 0.25) is 23.3 Å². The number of nitrogens with two attached hydrogens (primary N) is 2. The van der Waals surface area contributed by atoms with Gasteiger partial charge < -0.3 is 42.3 Å². The van der Waals surface area contributed by atoms with Crippen molar-refractivity contribution in [1.29, 1.82) is 0 Å². The van der Waals surface area contributed by atoms with Crippen molar-refractivity contribution < 1.29 is 14.4 Å². The van der Waals surface area contributed by atoms with Crippen molar-refractivity contribution in [3.05, 3.63) is 111 Å². The molecule has 0 saturated heterocycles. The van der Waals surface area contributed by atoms with Crippen LogP contribution in [-0.4, -0.2) is 75.8 Å². The fourth-order valence-corrected chi connectivity index (χ4v) is 8.33. The van der Waals surface area contributed by atoms with Crippen LogP contribution in [0.5, 0.6) is 0 Å². The van der Waals surface area contributed by atoms with E-state index in [1.807, 2.05) is 48.7 Å². The number of rotatable bonds is 10. The van der Waals surface area contributed by atoms with Crippen molar-refractivity contribution in [3.8, 4) is 11.1 Å². The number of aromatic nitrogens is 3. The molecule has 0 spiro atoms. The Balaban J connectivity index is 1.47. The highest BCUT2D eigenvalue weighted by molar-refractivity contribution is 7.99. The highest BCUT2D eigenvalue weighted by atomic mass is 35.5. The summed E-state index contributed by atoms with van der Waals surface area (Å²) in [7, 11) is 1.61. The zero-order valence-corrected chi connectivity index (χ0v) is 32.8. The molecule has 294 valence electrons. The fourth-order valence-electron chi connectivity index (χ4n) is 6.99. The average Bonchev–Trinajstić information content (AvgIpc) is 3.62. The Hall–Kier alpha value is -4.99. The molecule has 9 N–H and O–H groups in total. The quantitative estimate of drug-likeness (QED) is 0.101. The second-order valence-corrected chi connectivity index (χ2v) is 15.3. The number of unbranched alkanes of at least 4 members (excludes halogenated alkanes) is 1. The molecule has 1 aliphatic rings. The number of amides is 3. The maximum atomic E-state index is 14.6. The van der Waals surface area contributed by atoms with Crippen LogP contribution in [0, 0.1) is 0 Å². The zero-order valence-electron chi connectivity index (χ0n) is 31.3. The molecule has 1 aliphatic heterocycles. The molecule has 3 amide bonds. The van der Waals surface area contributed by atoms with Crippen molar-refractivity contribution in [3.63, 3.8) is 0 Å². The number of halogens is 1. The van der Waals surface area contributed by atoms with Gasteiger partial charge in [-0.05, 0) is 97.3 Å². The van der Waals surface area contributed by atoms with E-state index in [9.17, 15) is 19.2 Å². The lowest BCUT2D eigenvalue weighted by Crippen LogP contribution is -2.57. The van der Waals surface area contributed by atoms with Crippen LogP contribution in [0.15, 0.2) is 94.0 Å². The molecule has 15 heteroatoms. The third-order valence-electron chi connectivity index (χ3n) is 10.1. The first-order chi connectivity index (χ1) is 27.2. The number of carbonyl (C=O) groups excluding carboxylic acids is 3. The van der Waals surface area contributed by atoms with Gasteiger partial charge in [-0.15, -0.1) is 0 Å². The standard InChI is InChI=1S/C41H48ClN9O4S/c1-51-35(20-27-23-46-32-10-3-2-9-29(27)32)39(54)49-24-30-28(25-13-16-36(52)48-21-25)14-15-31(42)37(30)56-40-26(8-7-19-45-40)22-47-33(12-6-18-44)38(53)50-34(41(51)55)11-4-5-17-43/h2-3,7-10,13-16,19,21,23,33-35,46-47H,4-6,11-12,17-18,20,22,24,43-44H2,1H3,(H,48,52)(H,49,54)(H,50,53)/t33-,34-,35-/m0/s1. The monoisotopic (exact) mass is 797 g/mol. The summed E-state index contributed by atoms with van der Waals surface area (Å²) in [5.74, 6) is -1.12. The number of carbonyl (C=O) groups is 3. The van der Waals surface area contributed by atoms with Gasteiger partial charge in [0, 0.05) is 67.0 Å². The number of para-hydroxylation sites is 1. The molecule has 0 saturated carbocycles. The lowest BCUT2D eigenvalue weighted by atomic mass is 9.99. The first kappa shape index (κ1) is 40.7. The van der Waals surface area contributed by atoms with Crippen LogP contribution < -0.4 is 33.0 Å². The molecule has 3 atom stereocenters. The molecule has 4 heterocycles. The lowest BCUT2D eigenvalue weighted by Gasteiger charge is -2.32. The average molecular weight is 798 g/mol. The van der Waals surface area contributed by atoms with Gasteiger partial charge in [0.25, 0.3) is 0 Å². The highest BCUT2D eigenvalue weighted by Gasteiger charge is 2.34. The van der Waals surface area contributed by atoms with Gasteiger partial charge in [-0.25, -0.2) is 4.98 Å². The minimum atomic E-state index is -0.966. The molecule has 2 aromatic carbocycles. The minimum Gasteiger partial charge on any atom is -0.361 e. The lowest BCUT2D eigenvalue weighted by molar-refractivity contribution is -0.142. The van der Waals surface area contributed by atoms with Gasteiger partial charge in [0.15, 0.2) is 0 Å². The zero-order chi connectivity index (χ0) is 39.6. The third kappa shape index (κ3) is 9.68. The predicted octanol–water partition coefficient (Wildman–Crippen LogP) is 4.23. The summed E-state index contributed by atoms with van der Waals surface area (Å²) in [6.45, 7) is 1.16.